The van der Waals surface area contributed by atoms with Gasteiger partial charge in [-0.25, -0.2) is 12.8 Å². The quantitative estimate of drug-likeness (QED) is 0.321. The van der Waals surface area contributed by atoms with Gasteiger partial charge in [-0.15, -0.1) is 0 Å². The van der Waals surface area contributed by atoms with E-state index < -0.39 is 15.8 Å². The van der Waals surface area contributed by atoms with Crippen LogP contribution in [-0.2, 0) is 14.8 Å². The molecule has 0 radical (unpaired) electrons. The first-order valence-corrected chi connectivity index (χ1v) is 16.1. The fourth-order valence-electron chi connectivity index (χ4n) is 6.14. The fourth-order valence-corrected chi connectivity index (χ4v) is 6.65. The van der Waals surface area contributed by atoms with Crippen molar-refractivity contribution in [1.29, 1.82) is 0 Å². The van der Waals surface area contributed by atoms with Crippen molar-refractivity contribution in [2.45, 2.75) is 31.1 Å². The van der Waals surface area contributed by atoms with Gasteiger partial charge in [0, 0.05) is 73.8 Å². The zero-order valence-corrected chi connectivity index (χ0v) is 25.0. The zero-order valence-electron chi connectivity index (χ0n) is 24.2. The van der Waals surface area contributed by atoms with Crippen LogP contribution >= 0.6 is 0 Å². The summed E-state index contributed by atoms with van der Waals surface area (Å²) in [7, 11) is -0.655. The van der Waals surface area contributed by atoms with E-state index in [4.69, 9.17) is 4.42 Å². The second-order valence-corrected chi connectivity index (χ2v) is 13.4. The monoisotopic (exact) mass is 604 g/mol. The number of anilines is 1. The molecule has 9 nitrogen and oxygen atoms in total. The van der Waals surface area contributed by atoms with Crippen molar-refractivity contribution in [1.82, 2.24) is 15.2 Å². The molecule has 3 unspecified atom stereocenters. The normalized spacial score (nSPS) is 20.2. The summed E-state index contributed by atoms with van der Waals surface area (Å²) in [6, 6.07) is 14.8. The molecule has 2 fully saturated rings. The molecule has 2 aliphatic rings. The number of amides is 2. The van der Waals surface area contributed by atoms with Crippen molar-refractivity contribution in [3.05, 3.63) is 83.4 Å². The maximum atomic E-state index is 13.7. The zero-order chi connectivity index (χ0) is 30.5. The number of nitrogens with one attached hydrogen (secondary N) is 1. The Hall–Kier alpha value is -4.25. The van der Waals surface area contributed by atoms with Crippen molar-refractivity contribution in [3.8, 4) is 11.3 Å². The Morgan fingerprint density at radius 3 is 2.58 bits per heavy atom. The van der Waals surface area contributed by atoms with Crippen LogP contribution in [0.5, 0.6) is 0 Å². The molecule has 0 spiro atoms. The molecular formula is C32H33FN4O5S. The first-order valence-electron chi connectivity index (χ1n) is 14.3. The second kappa shape index (κ2) is 11.1. The predicted molar refractivity (Wildman–Crippen MR) is 162 cm³/mol. The van der Waals surface area contributed by atoms with Crippen LogP contribution in [-0.4, -0.2) is 63.6 Å². The number of likely N-dealkylation sites (tertiary alicyclic amines) is 1. The van der Waals surface area contributed by atoms with Gasteiger partial charge in [-0.2, -0.15) is 0 Å². The van der Waals surface area contributed by atoms with Gasteiger partial charge >= 0.3 is 0 Å². The molecule has 224 valence electrons. The van der Waals surface area contributed by atoms with Gasteiger partial charge in [-0.1, -0.05) is 6.07 Å². The summed E-state index contributed by atoms with van der Waals surface area (Å²) < 4.78 is 46.6. The summed E-state index contributed by atoms with van der Waals surface area (Å²) in [5.41, 5.74) is 3.18. The molecule has 2 amide bonds. The van der Waals surface area contributed by atoms with Gasteiger partial charge in [0.15, 0.2) is 0 Å². The van der Waals surface area contributed by atoms with E-state index >= 15 is 0 Å². The molecular weight excluding hydrogens is 571 g/mol. The lowest BCUT2D eigenvalue weighted by Gasteiger charge is -2.35. The number of hydrogen-bond acceptors (Lipinski definition) is 6. The Labute approximate surface area is 249 Å². The van der Waals surface area contributed by atoms with Crippen LogP contribution in [0.25, 0.3) is 22.3 Å². The van der Waals surface area contributed by atoms with E-state index in [1.807, 2.05) is 29.2 Å². The van der Waals surface area contributed by atoms with E-state index in [0.29, 0.717) is 40.9 Å². The summed E-state index contributed by atoms with van der Waals surface area (Å²) in [5, 5.41) is 3.18. The van der Waals surface area contributed by atoms with E-state index in [2.05, 4.69) is 10.3 Å². The standard InChI is InChI=1S/C32H33FN4O5S/c1-34-31(38)29-25-15-22(20-7-6-14-37(18-20)32(39)24-16-23(24)26-8-4-5-13-35-26)27(36(2)43(3,40)41)17-28(25)42-30(29)19-9-11-21(33)12-10-19/h4-5,8-13,15,17,20,23-24H,6-7,14,16,18H2,1-3H3,(H,34,38). The third-order valence-corrected chi connectivity index (χ3v) is 9.77. The van der Waals surface area contributed by atoms with Crippen LogP contribution in [0.2, 0.25) is 0 Å². The highest BCUT2D eigenvalue weighted by molar-refractivity contribution is 7.92. The Morgan fingerprint density at radius 1 is 1.14 bits per heavy atom. The molecule has 3 heterocycles. The van der Waals surface area contributed by atoms with Gasteiger partial charge in [0.2, 0.25) is 15.9 Å². The summed E-state index contributed by atoms with van der Waals surface area (Å²) in [5.74, 6) is -0.626. The van der Waals surface area contributed by atoms with Crippen LogP contribution in [0.4, 0.5) is 10.1 Å². The summed E-state index contributed by atoms with van der Waals surface area (Å²) in [4.78, 5) is 33.1. The molecule has 1 aliphatic carbocycles. The lowest BCUT2D eigenvalue weighted by Crippen LogP contribution is -2.40. The number of furan rings is 1. The Morgan fingerprint density at radius 2 is 1.91 bits per heavy atom. The summed E-state index contributed by atoms with van der Waals surface area (Å²) >= 11 is 0. The van der Waals surface area contributed by atoms with Crippen molar-refractivity contribution < 1.29 is 26.8 Å². The summed E-state index contributed by atoms with van der Waals surface area (Å²) in [6.45, 7) is 1.06. The maximum absolute atomic E-state index is 13.7. The van der Waals surface area contributed by atoms with Gasteiger partial charge < -0.3 is 14.6 Å². The van der Waals surface area contributed by atoms with Crippen LogP contribution in [0.1, 0.15) is 52.7 Å². The van der Waals surface area contributed by atoms with Gasteiger partial charge in [0.1, 0.15) is 17.2 Å². The van der Waals surface area contributed by atoms with E-state index in [1.165, 1.54) is 42.7 Å². The van der Waals surface area contributed by atoms with Crippen LogP contribution in [0.15, 0.2) is 65.2 Å². The van der Waals surface area contributed by atoms with Gasteiger partial charge in [0.05, 0.1) is 17.5 Å². The number of aromatic nitrogens is 1. The number of halogens is 1. The third-order valence-electron chi connectivity index (χ3n) is 8.58. The lowest BCUT2D eigenvalue weighted by atomic mass is 9.87. The molecule has 1 N–H and O–H groups in total. The van der Waals surface area contributed by atoms with E-state index in [9.17, 15) is 22.4 Å². The van der Waals surface area contributed by atoms with E-state index in [0.717, 1.165) is 31.2 Å². The second-order valence-electron chi connectivity index (χ2n) is 11.4. The molecule has 4 aromatic rings. The van der Waals surface area contributed by atoms with Gasteiger partial charge in [0.25, 0.3) is 5.91 Å². The van der Waals surface area contributed by atoms with Gasteiger partial charge in [-0.05, 0) is 67.3 Å². The minimum absolute atomic E-state index is 0.0902. The largest absolute Gasteiger partial charge is 0.455 e. The number of carbonyl (C=O) groups is 2. The Kier molecular flexibility index (Phi) is 7.45. The number of hydrogen-bond donors (Lipinski definition) is 1. The highest BCUT2D eigenvalue weighted by Crippen LogP contribution is 2.49. The fraction of sp³-hybridized carbons (Fsp3) is 0.344. The van der Waals surface area contributed by atoms with Crippen molar-refractivity contribution >= 4 is 38.5 Å². The predicted octanol–water partition coefficient (Wildman–Crippen LogP) is 4.90. The first kappa shape index (κ1) is 28.9. The van der Waals surface area contributed by atoms with Crippen LogP contribution < -0.4 is 9.62 Å². The minimum atomic E-state index is -3.65. The maximum Gasteiger partial charge on any atom is 0.255 e. The number of fused-ring (bicyclic) bond motifs is 1. The van der Waals surface area contributed by atoms with Crippen molar-refractivity contribution in [2.75, 3.05) is 37.7 Å². The molecule has 1 saturated heterocycles. The average Bonchev–Trinajstić information content (AvgIpc) is 3.73. The number of benzene rings is 2. The number of sulfonamides is 1. The minimum Gasteiger partial charge on any atom is -0.455 e. The topological polar surface area (TPSA) is 113 Å². The molecule has 6 rings (SSSR count). The smallest absolute Gasteiger partial charge is 0.255 e. The first-order chi connectivity index (χ1) is 20.6. The van der Waals surface area contributed by atoms with Crippen LogP contribution in [0, 0.1) is 11.7 Å². The SMILES string of the molecule is CNC(=O)c1c(-c2ccc(F)cc2)oc2cc(N(C)S(C)(=O)=O)c(C3CCCN(C(=O)C4CC4c4ccccn4)C3)cc12. The lowest BCUT2D eigenvalue weighted by molar-refractivity contribution is -0.133. The molecule has 43 heavy (non-hydrogen) atoms. The number of nitrogens with zero attached hydrogens (tertiary/aromatic N) is 3. The van der Waals surface area contributed by atoms with Crippen molar-refractivity contribution in [3.63, 3.8) is 0 Å². The number of carbonyl (C=O) groups excluding carboxylic acids is 2. The number of rotatable bonds is 7. The molecule has 3 atom stereocenters. The molecule has 2 aromatic heterocycles. The Bertz CT molecular complexity index is 1810. The third kappa shape index (κ3) is 5.49. The average molecular weight is 605 g/mol. The van der Waals surface area contributed by atoms with E-state index in [-0.39, 0.29) is 40.9 Å². The highest BCUT2D eigenvalue weighted by atomic mass is 32.2. The number of piperidine rings is 1. The molecule has 2 aromatic carbocycles. The Balaban J connectivity index is 1.41. The molecule has 11 heteroatoms. The number of pyridine rings is 1. The van der Waals surface area contributed by atoms with Crippen LogP contribution in [0.3, 0.4) is 0 Å². The molecule has 1 aliphatic heterocycles. The van der Waals surface area contributed by atoms with E-state index in [1.54, 1.807) is 12.3 Å². The van der Waals surface area contributed by atoms with Gasteiger partial charge in [-0.3, -0.25) is 18.9 Å². The van der Waals surface area contributed by atoms with Crippen molar-refractivity contribution in [2.24, 2.45) is 5.92 Å². The molecule has 0 bridgehead atoms. The highest BCUT2D eigenvalue weighted by Gasteiger charge is 2.47. The summed E-state index contributed by atoms with van der Waals surface area (Å²) in [6.07, 6.45) is 5.14. The molecule has 1 saturated carbocycles.